The highest BCUT2D eigenvalue weighted by Crippen LogP contribution is 2.03. The summed E-state index contributed by atoms with van der Waals surface area (Å²) in [6, 6.07) is 1.00. The Morgan fingerprint density at radius 3 is 2.14 bits per heavy atom. The van der Waals surface area contributed by atoms with Crippen LogP contribution in [0.5, 0.6) is 0 Å². The molecule has 0 bridgehead atoms. The maximum Gasteiger partial charge on any atom is 0.208 e. The zero-order valence-corrected chi connectivity index (χ0v) is 15.6. The van der Waals surface area contributed by atoms with Gasteiger partial charge in [0.15, 0.2) is 5.96 Å². The molecule has 0 atom stereocenters. The van der Waals surface area contributed by atoms with E-state index in [1.807, 2.05) is 6.92 Å². The minimum absolute atomic E-state index is 0.305. The van der Waals surface area contributed by atoms with Crippen molar-refractivity contribution in [3.8, 4) is 0 Å². The fourth-order valence-corrected chi connectivity index (χ4v) is 2.62. The van der Waals surface area contributed by atoms with E-state index in [9.17, 15) is 8.42 Å². The smallest absolute Gasteiger partial charge is 0.208 e. The topological polar surface area (TPSA) is 85.8 Å². The highest BCUT2D eigenvalue weighted by molar-refractivity contribution is 7.88. The SMILES string of the molecule is CCNC(=NCCNS(C)(=O)=O)NCCN(C(C)C)C(C)C. The molecule has 0 aromatic heterocycles. The summed E-state index contributed by atoms with van der Waals surface area (Å²) in [5, 5.41) is 6.43. The van der Waals surface area contributed by atoms with Gasteiger partial charge in [-0.05, 0) is 34.6 Å². The summed E-state index contributed by atoms with van der Waals surface area (Å²) in [6.07, 6.45) is 1.15. The van der Waals surface area contributed by atoms with E-state index in [1.165, 1.54) is 0 Å². The van der Waals surface area contributed by atoms with Crippen LogP contribution in [0.1, 0.15) is 34.6 Å². The van der Waals surface area contributed by atoms with Gasteiger partial charge in [0, 0.05) is 38.3 Å². The first-order chi connectivity index (χ1) is 10.2. The van der Waals surface area contributed by atoms with E-state index in [-0.39, 0.29) is 0 Å². The number of nitrogens with zero attached hydrogens (tertiary/aromatic N) is 2. The normalized spacial score (nSPS) is 13.2. The van der Waals surface area contributed by atoms with Gasteiger partial charge < -0.3 is 10.6 Å². The molecule has 0 aromatic carbocycles. The van der Waals surface area contributed by atoms with Gasteiger partial charge in [-0.3, -0.25) is 9.89 Å². The minimum Gasteiger partial charge on any atom is -0.357 e. The number of aliphatic imine (C=N–C) groups is 1. The fourth-order valence-electron chi connectivity index (χ4n) is 2.16. The Morgan fingerprint density at radius 1 is 1.09 bits per heavy atom. The van der Waals surface area contributed by atoms with Crippen LogP contribution in [0.3, 0.4) is 0 Å². The van der Waals surface area contributed by atoms with Crippen molar-refractivity contribution in [2.75, 3.05) is 39.0 Å². The quantitative estimate of drug-likeness (QED) is 0.302. The van der Waals surface area contributed by atoms with E-state index in [4.69, 9.17) is 0 Å². The Morgan fingerprint density at radius 2 is 1.68 bits per heavy atom. The van der Waals surface area contributed by atoms with E-state index in [2.05, 4.69) is 52.9 Å². The van der Waals surface area contributed by atoms with Gasteiger partial charge >= 0.3 is 0 Å². The molecule has 3 N–H and O–H groups in total. The van der Waals surface area contributed by atoms with Crippen molar-refractivity contribution in [1.82, 2.24) is 20.3 Å². The summed E-state index contributed by atoms with van der Waals surface area (Å²) < 4.78 is 24.4. The second kappa shape index (κ2) is 10.8. The van der Waals surface area contributed by atoms with Gasteiger partial charge in [-0.2, -0.15) is 0 Å². The molecule has 0 aliphatic heterocycles. The Balaban J connectivity index is 4.28. The molecular weight excluding hydrogens is 302 g/mol. The lowest BCUT2D eigenvalue weighted by Gasteiger charge is -2.30. The first-order valence-corrected chi connectivity index (χ1v) is 9.79. The molecule has 0 heterocycles. The molecule has 22 heavy (non-hydrogen) atoms. The largest absolute Gasteiger partial charge is 0.357 e. The zero-order chi connectivity index (χ0) is 17.2. The fraction of sp³-hybridized carbons (Fsp3) is 0.929. The predicted octanol–water partition coefficient (Wildman–Crippen LogP) is 0.210. The minimum atomic E-state index is -3.15. The molecule has 0 rings (SSSR count). The number of hydrogen-bond acceptors (Lipinski definition) is 4. The van der Waals surface area contributed by atoms with Crippen molar-refractivity contribution in [1.29, 1.82) is 0 Å². The molecule has 0 saturated heterocycles. The van der Waals surface area contributed by atoms with Crippen molar-refractivity contribution < 1.29 is 8.42 Å². The molecule has 0 spiro atoms. The van der Waals surface area contributed by atoms with E-state index >= 15 is 0 Å². The number of guanidine groups is 1. The molecule has 0 radical (unpaired) electrons. The predicted molar refractivity (Wildman–Crippen MR) is 93.8 cm³/mol. The molecule has 7 nitrogen and oxygen atoms in total. The summed E-state index contributed by atoms with van der Waals surface area (Å²) in [5.74, 6) is 0.713. The first kappa shape index (κ1) is 21.1. The lowest BCUT2D eigenvalue weighted by Crippen LogP contribution is -2.45. The zero-order valence-electron chi connectivity index (χ0n) is 14.8. The third-order valence-electron chi connectivity index (χ3n) is 3.08. The van der Waals surface area contributed by atoms with Crippen molar-refractivity contribution in [3.05, 3.63) is 0 Å². The van der Waals surface area contributed by atoms with Gasteiger partial charge in [-0.25, -0.2) is 13.1 Å². The monoisotopic (exact) mass is 335 g/mol. The lowest BCUT2D eigenvalue weighted by molar-refractivity contribution is 0.178. The number of rotatable bonds is 10. The molecule has 0 unspecified atom stereocenters. The standard InChI is InChI=1S/C14H33N5O2S/c1-7-15-14(16-8-9-18-22(6,20)21)17-10-11-19(12(2)3)13(4)5/h12-13,18H,7-11H2,1-6H3,(H2,15,16,17). The molecule has 8 heteroatoms. The molecular formula is C14H33N5O2S. The summed E-state index contributed by atoms with van der Waals surface area (Å²) in [4.78, 5) is 6.76. The van der Waals surface area contributed by atoms with E-state index in [0.717, 1.165) is 25.9 Å². The molecule has 0 fully saturated rings. The number of sulfonamides is 1. The van der Waals surface area contributed by atoms with Gasteiger partial charge in [-0.1, -0.05) is 0 Å². The van der Waals surface area contributed by atoms with Gasteiger partial charge in [-0.15, -0.1) is 0 Å². The highest BCUT2D eigenvalue weighted by Gasteiger charge is 2.12. The van der Waals surface area contributed by atoms with Crippen molar-refractivity contribution in [2.24, 2.45) is 4.99 Å². The number of hydrogen-bond donors (Lipinski definition) is 3. The van der Waals surface area contributed by atoms with E-state index in [1.54, 1.807) is 0 Å². The van der Waals surface area contributed by atoms with Crippen molar-refractivity contribution >= 4 is 16.0 Å². The van der Waals surface area contributed by atoms with Crippen LogP contribution in [-0.2, 0) is 10.0 Å². The highest BCUT2D eigenvalue weighted by atomic mass is 32.2. The average Bonchev–Trinajstić information content (AvgIpc) is 2.37. The molecule has 0 aromatic rings. The van der Waals surface area contributed by atoms with Crippen LogP contribution < -0.4 is 15.4 Å². The van der Waals surface area contributed by atoms with Crippen LogP contribution in [0.2, 0.25) is 0 Å². The summed E-state index contributed by atoms with van der Waals surface area (Å²) >= 11 is 0. The lowest BCUT2D eigenvalue weighted by atomic mass is 10.2. The molecule has 0 aliphatic carbocycles. The van der Waals surface area contributed by atoms with E-state index in [0.29, 0.717) is 31.1 Å². The Bertz CT molecular complexity index is 413. The molecule has 0 aliphatic rings. The van der Waals surface area contributed by atoms with Gasteiger partial charge in [0.05, 0.1) is 12.8 Å². The van der Waals surface area contributed by atoms with E-state index < -0.39 is 10.0 Å². The van der Waals surface area contributed by atoms with Crippen LogP contribution >= 0.6 is 0 Å². The van der Waals surface area contributed by atoms with Crippen molar-refractivity contribution in [3.63, 3.8) is 0 Å². The van der Waals surface area contributed by atoms with Crippen LogP contribution in [0, 0.1) is 0 Å². The third kappa shape index (κ3) is 10.8. The van der Waals surface area contributed by atoms with Gasteiger partial charge in [0.25, 0.3) is 0 Å². The van der Waals surface area contributed by atoms with Crippen LogP contribution in [0.25, 0.3) is 0 Å². The Labute approximate surface area is 136 Å². The first-order valence-electron chi connectivity index (χ1n) is 7.90. The van der Waals surface area contributed by atoms with Crippen LogP contribution in [0.15, 0.2) is 4.99 Å². The second-order valence-electron chi connectivity index (χ2n) is 5.78. The third-order valence-corrected chi connectivity index (χ3v) is 3.81. The molecule has 0 amide bonds. The Hall–Kier alpha value is -0.860. The number of nitrogens with one attached hydrogen (secondary N) is 3. The van der Waals surface area contributed by atoms with Crippen LogP contribution in [0.4, 0.5) is 0 Å². The average molecular weight is 336 g/mol. The van der Waals surface area contributed by atoms with Crippen LogP contribution in [-0.4, -0.2) is 70.3 Å². The molecule has 132 valence electrons. The van der Waals surface area contributed by atoms with Gasteiger partial charge in [0.1, 0.15) is 0 Å². The summed E-state index contributed by atoms with van der Waals surface area (Å²) in [6.45, 7) is 14.0. The van der Waals surface area contributed by atoms with Gasteiger partial charge in [0.2, 0.25) is 10.0 Å². The Kier molecular flexibility index (Phi) is 10.4. The second-order valence-corrected chi connectivity index (χ2v) is 7.61. The maximum absolute atomic E-state index is 11.0. The summed E-state index contributed by atoms with van der Waals surface area (Å²) in [7, 11) is -3.15. The van der Waals surface area contributed by atoms with Crippen molar-refractivity contribution in [2.45, 2.75) is 46.7 Å². The maximum atomic E-state index is 11.0. The summed E-state index contributed by atoms with van der Waals surface area (Å²) in [5.41, 5.74) is 0. The molecule has 0 saturated carbocycles.